The molecule has 5 nitrogen and oxygen atoms in total. The summed E-state index contributed by atoms with van der Waals surface area (Å²) in [6, 6.07) is 0. The quantitative estimate of drug-likeness (QED) is 0.451. The minimum absolute atomic E-state index is 0.00861. The molecule has 5 heteroatoms. The van der Waals surface area contributed by atoms with Gasteiger partial charge < -0.3 is 4.90 Å². The van der Waals surface area contributed by atoms with Crippen molar-refractivity contribution in [2.24, 2.45) is 0 Å². The topological polar surface area (TPSA) is 63.5 Å². The molecular formula is C7H14N2O3. The molecule has 0 heterocycles. The van der Waals surface area contributed by atoms with E-state index in [2.05, 4.69) is 0 Å². The van der Waals surface area contributed by atoms with Crippen LogP contribution in [-0.4, -0.2) is 35.4 Å². The van der Waals surface area contributed by atoms with Crippen molar-refractivity contribution in [3.8, 4) is 0 Å². The molecule has 1 amide bonds. The fraction of sp³-hybridized carbons (Fsp3) is 0.857. The number of nitrogens with zero attached hydrogens (tertiary/aromatic N) is 2. The Bertz CT molecular complexity index is 166. The zero-order valence-electron chi connectivity index (χ0n) is 7.45. The summed E-state index contributed by atoms with van der Waals surface area (Å²) in [5.74, 6) is -0.142. The van der Waals surface area contributed by atoms with Gasteiger partial charge in [-0.1, -0.05) is 0 Å². The summed E-state index contributed by atoms with van der Waals surface area (Å²) in [6.45, 7) is 4.68. The minimum Gasteiger partial charge on any atom is -0.343 e. The van der Waals surface area contributed by atoms with Gasteiger partial charge in [0.05, 0.1) is 6.42 Å². The second-order valence-electron chi connectivity index (χ2n) is 2.37. The number of hydrogen-bond donors (Lipinski definition) is 0. The number of rotatable bonds is 5. The summed E-state index contributed by atoms with van der Waals surface area (Å²) in [5.41, 5.74) is 0. The predicted molar refractivity (Wildman–Crippen MR) is 44.4 cm³/mol. The molecule has 0 radical (unpaired) electrons. The second-order valence-corrected chi connectivity index (χ2v) is 2.37. The summed E-state index contributed by atoms with van der Waals surface area (Å²) in [4.78, 5) is 22.2. The van der Waals surface area contributed by atoms with E-state index in [-0.39, 0.29) is 18.9 Å². The van der Waals surface area contributed by atoms with Crippen molar-refractivity contribution < 1.29 is 9.72 Å². The highest BCUT2D eigenvalue weighted by molar-refractivity contribution is 5.76. The third-order valence-corrected chi connectivity index (χ3v) is 1.62. The molecule has 12 heavy (non-hydrogen) atoms. The molecule has 0 aromatic heterocycles. The van der Waals surface area contributed by atoms with Crippen LogP contribution >= 0.6 is 0 Å². The van der Waals surface area contributed by atoms with Gasteiger partial charge in [0, 0.05) is 18.0 Å². The Morgan fingerprint density at radius 2 is 1.92 bits per heavy atom. The first-order chi connectivity index (χ1) is 5.61. The monoisotopic (exact) mass is 174 g/mol. The van der Waals surface area contributed by atoms with Crippen LogP contribution in [0.4, 0.5) is 0 Å². The molecule has 0 unspecified atom stereocenters. The molecule has 0 saturated carbocycles. The highest BCUT2D eigenvalue weighted by atomic mass is 16.6. The lowest BCUT2D eigenvalue weighted by Gasteiger charge is -2.17. The Balaban J connectivity index is 3.77. The number of hydrogen-bond acceptors (Lipinski definition) is 3. The molecule has 0 aromatic carbocycles. The van der Waals surface area contributed by atoms with Gasteiger partial charge in [0.15, 0.2) is 0 Å². The van der Waals surface area contributed by atoms with E-state index in [0.717, 1.165) is 0 Å². The highest BCUT2D eigenvalue weighted by Crippen LogP contribution is 1.93. The Labute approximate surface area is 71.5 Å². The van der Waals surface area contributed by atoms with Crippen LogP contribution in [0.25, 0.3) is 0 Å². The predicted octanol–water partition coefficient (Wildman–Crippen LogP) is 0.522. The summed E-state index contributed by atoms with van der Waals surface area (Å²) in [5, 5.41) is 9.94. The maximum atomic E-state index is 11.1. The van der Waals surface area contributed by atoms with Crippen molar-refractivity contribution in [3.63, 3.8) is 0 Å². The molecule has 0 aliphatic rings. The maximum absolute atomic E-state index is 11.1. The third kappa shape index (κ3) is 3.90. The van der Waals surface area contributed by atoms with Crippen molar-refractivity contribution in [2.45, 2.75) is 20.3 Å². The summed E-state index contributed by atoms with van der Waals surface area (Å²) < 4.78 is 0. The zero-order chi connectivity index (χ0) is 9.56. The van der Waals surface area contributed by atoms with Crippen LogP contribution in [0.3, 0.4) is 0 Å². The maximum Gasteiger partial charge on any atom is 0.229 e. The second kappa shape index (κ2) is 5.51. The van der Waals surface area contributed by atoms with Gasteiger partial charge in [-0.2, -0.15) is 0 Å². The fourth-order valence-corrected chi connectivity index (χ4v) is 0.921. The number of amides is 1. The van der Waals surface area contributed by atoms with Crippen LogP contribution in [-0.2, 0) is 4.79 Å². The molecule has 0 aliphatic heterocycles. The van der Waals surface area contributed by atoms with Crippen LogP contribution in [0.15, 0.2) is 0 Å². The largest absolute Gasteiger partial charge is 0.343 e. The molecule has 0 N–H and O–H groups in total. The molecule has 0 aliphatic carbocycles. The molecule has 0 bridgehead atoms. The SMILES string of the molecule is CCN(CC)C(=O)CC[N+](=O)[O-]. The van der Waals surface area contributed by atoms with E-state index < -0.39 is 4.92 Å². The van der Waals surface area contributed by atoms with Crippen LogP contribution in [0.5, 0.6) is 0 Å². The molecule has 0 rings (SSSR count). The highest BCUT2D eigenvalue weighted by Gasteiger charge is 2.11. The molecule has 0 atom stereocenters. The third-order valence-electron chi connectivity index (χ3n) is 1.62. The van der Waals surface area contributed by atoms with E-state index in [9.17, 15) is 14.9 Å². The van der Waals surface area contributed by atoms with Gasteiger partial charge in [-0.15, -0.1) is 0 Å². The fourth-order valence-electron chi connectivity index (χ4n) is 0.921. The average molecular weight is 174 g/mol. The van der Waals surface area contributed by atoms with Crippen molar-refractivity contribution in [1.82, 2.24) is 4.90 Å². The van der Waals surface area contributed by atoms with E-state index >= 15 is 0 Å². The van der Waals surface area contributed by atoms with Crippen LogP contribution in [0, 0.1) is 10.1 Å². The summed E-state index contributed by atoms with van der Waals surface area (Å²) in [7, 11) is 0. The van der Waals surface area contributed by atoms with Gasteiger partial charge in [0.2, 0.25) is 12.5 Å². The van der Waals surface area contributed by atoms with E-state index in [1.807, 2.05) is 13.8 Å². The standard InChI is InChI=1S/C7H14N2O3/c1-3-8(4-2)7(10)5-6-9(11)12/h3-6H2,1-2H3. The van der Waals surface area contributed by atoms with Gasteiger partial charge in [0.1, 0.15) is 0 Å². The smallest absolute Gasteiger partial charge is 0.229 e. The molecule has 70 valence electrons. The van der Waals surface area contributed by atoms with Gasteiger partial charge >= 0.3 is 0 Å². The lowest BCUT2D eigenvalue weighted by molar-refractivity contribution is -0.478. The molecular weight excluding hydrogens is 160 g/mol. The van der Waals surface area contributed by atoms with Crippen LogP contribution in [0.1, 0.15) is 20.3 Å². The lowest BCUT2D eigenvalue weighted by Crippen LogP contribution is -2.31. The van der Waals surface area contributed by atoms with Crippen molar-refractivity contribution >= 4 is 5.91 Å². The molecule has 0 aromatic rings. The van der Waals surface area contributed by atoms with E-state index in [1.54, 1.807) is 4.90 Å². The minimum atomic E-state index is -0.471. The Morgan fingerprint density at radius 1 is 1.42 bits per heavy atom. The first-order valence-corrected chi connectivity index (χ1v) is 4.01. The van der Waals surface area contributed by atoms with Crippen molar-refractivity contribution in [1.29, 1.82) is 0 Å². The first kappa shape index (κ1) is 10.9. The molecule has 0 saturated heterocycles. The van der Waals surface area contributed by atoms with Gasteiger partial charge in [-0.3, -0.25) is 14.9 Å². The van der Waals surface area contributed by atoms with Crippen molar-refractivity contribution in [2.75, 3.05) is 19.6 Å². The van der Waals surface area contributed by atoms with Crippen molar-refractivity contribution in [3.05, 3.63) is 10.1 Å². The van der Waals surface area contributed by atoms with Gasteiger partial charge in [-0.05, 0) is 13.8 Å². The Kier molecular flexibility index (Phi) is 4.99. The van der Waals surface area contributed by atoms with Gasteiger partial charge in [0.25, 0.3) is 0 Å². The Morgan fingerprint density at radius 3 is 2.25 bits per heavy atom. The van der Waals surface area contributed by atoms with E-state index in [4.69, 9.17) is 0 Å². The molecule has 0 spiro atoms. The van der Waals surface area contributed by atoms with E-state index in [0.29, 0.717) is 13.1 Å². The number of carbonyl (C=O) groups excluding carboxylic acids is 1. The van der Waals surface area contributed by atoms with E-state index in [1.165, 1.54) is 0 Å². The first-order valence-electron chi connectivity index (χ1n) is 4.01. The summed E-state index contributed by atoms with van der Waals surface area (Å²) >= 11 is 0. The lowest BCUT2D eigenvalue weighted by atomic mass is 10.3. The van der Waals surface area contributed by atoms with Gasteiger partial charge in [-0.25, -0.2) is 0 Å². The number of nitro groups is 1. The molecule has 0 fully saturated rings. The average Bonchev–Trinajstić information content (AvgIpc) is 2.03. The Hall–Kier alpha value is -1.13. The summed E-state index contributed by atoms with van der Waals surface area (Å²) in [6.07, 6.45) is 0.00861. The van der Waals surface area contributed by atoms with Crippen LogP contribution in [0.2, 0.25) is 0 Å². The normalized spacial score (nSPS) is 9.50. The van der Waals surface area contributed by atoms with Crippen LogP contribution < -0.4 is 0 Å². The zero-order valence-corrected chi connectivity index (χ0v) is 7.45. The number of carbonyl (C=O) groups is 1.